The fraction of sp³-hybridized carbons (Fsp3) is 0.364. The number of ether oxygens (including phenoxy) is 1. The molecule has 1 saturated heterocycles. The van der Waals surface area contributed by atoms with Crippen molar-refractivity contribution in [2.24, 2.45) is 5.92 Å². The van der Waals surface area contributed by atoms with E-state index >= 15 is 0 Å². The second-order valence-electron chi connectivity index (χ2n) is 7.02. The first kappa shape index (κ1) is 19.0. The molecular weight excluding hydrogens is 340 g/mol. The average molecular weight is 366 g/mol. The van der Waals surface area contributed by atoms with Crippen molar-refractivity contribution in [2.45, 2.75) is 19.4 Å². The number of methoxy groups -OCH3 is 1. The van der Waals surface area contributed by atoms with Crippen molar-refractivity contribution in [2.75, 3.05) is 27.2 Å². The molecule has 5 nitrogen and oxygen atoms in total. The normalized spacial score (nSPS) is 16.4. The van der Waals surface area contributed by atoms with Crippen LogP contribution in [0.25, 0.3) is 0 Å². The van der Waals surface area contributed by atoms with Gasteiger partial charge in [-0.2, -0.15) is 0 Å². The van der Waals surface area contributed by atoms with Gasteiger partial charge in [-0.3, -0.25) is 9.59 Å². The molecule has 0 aliphatic carbocycles. The van der Waals surface area contributed by atoms with E-state index in [1.165, 1.54) is 5.56 Å². The molecule has 27 heavy (non-hydrogen) atoms. The topological polar surface area (TPSA) is 49.9 Å². The van der Waals surface area contributed by atoms with Crippen molar-refractivity contribution in [3.05, 3.63) is 65.7 Å². The maximum Gasteiger partial charge on any atom is 0.228 e. The Kier molecular flexibility index (Phi) is 6.12. The lowest BCUT2D eigenvalue weighted by Crippen LogP contribution is -2.34. The van der Waals surface area contributed by atoms with E-state index in [-0.39, 0.29) is 17.7 Å². The Labute approximate surface area is 160 Å². The molecule has 5 heteroatoms. The standard InChI is InChI=1S/C22H26N2O3/c1-23(15-18-8-10-20(27-2)11-9-18)22(26)19-14-21(25)24(16-19)13-12-17-6-4-3-5-7-17/h3-11,19H,12-16H2,1-2H3. The molecule has 3 rings (SSSR count). The van der Waals surface area contributed by atoms with Crippen LogP contribution >= 0.6 is 0 Å². The van der Waals surface area contributed by atoms with Gasteiger partial charge >= 0.3 is 0 Å². The largest absolute Gasteiger partial charge is 0.497 e. The summed E-state index contributed by atoms with van der Waals surface area (Å²) in [6.07, 6.45) is 1.12. The van der Waals surface area contributed by atoms with Crippen LogP contribution in [-0.4, -0.2) is 48.9 Å². The maximum absolute atomic E-state index is 12.8. The molecule has 142 valence electrons. The smallest absolute Gasteiger partial charge is 0.228 e. The SMILES string of the molecule is COc1ccc(CN(C)C(=O)C2CC(=O)N(CCc3ccccc3)C2)cc1. The number of rotatable bonds is 7. The average Bonchev–Trinajstić information content (AvgIpc) is 3.07. The number of likely N-dealkylation sites (tertiary alicyclic amines) is 1. The van der Waals surface area contributed by atoms with Gasteiger partial charge in [0.25, 0.3) is 0 Å². The quantitative estimate of drug-likeness (QED) is 0.757. The molecule has 1 unspecified atom stereocenters. The first-order valence-electron chi connectivity index (χ1n) is 9.26. The zero-order chi connectivity index (χ0) is 19.2. The lowest BCUT2D eigenvalue weighted by atomic mass is 10.1. The van der Waals surface area contributed by atoms with Gasteiger partial charge in [-0.1, -0.05) is 42.5 Å². The van der Waals surface area contributed by atoms with E-state index in [4.69, 9.17) is 4.74 Å². The number of carbonyl (C=O) groups is 2. The molecule has 2 aromatic rings. The predicted octanol–water partition coefficient (Wildman–Crippen LogP) is 2.74. The van der Waals surface area contributed by atoms with Crippen molar-refractivity contribution < 1.29 is 14.3 Å². The van der Waals surface area contributed by atoms with Gasteiger partial charge in [0.15, 0.2) is 0 Å². The Balaban J connectivity index is 1.52. The van der Waals surface area contributed by atoms with E-state index in [0.717, 1.165) is 17.7 Å². The van der Waals surface area contributed by atoms with Gasteiger partial charge in [-0.15, -0.1) is 0 Å². The highest BCUT2D eigenvalue weighted by atomic mass is 16.5. The molecular formula is C22H26N2O3. The highest BCUT2D eigenvalue weighted by Crippen LogP contribution is 2.21. The third kappa shape index (κ3) is 4.88. The first-order valence-corrected chi connectivity index (χ1v) is 9.26. The summed E-state index contributed by atoms with van der Waals surface area (Å²) in [5.74, 6) is 0.642. The molecule has 2 aromatic carbocycles. The van der Waals surface area contributed by atoms with Gasteiger partial charge in [0.05, 0.1) is 13.0 Å². The van der Waals surface area contributed by atoms with Crippen molar-refractivity contribution in [3.8, 4) is 5.75 Å². The van der Waals surface area contributed by atoms with Gasteiger partial charge < -0.3 is 14.5 Å². The van der Waals surface area contributed by atoms with Crippen LogP contribution in [0, 0.1) is 5.92 Å². The summed E-state index contributed by atoms with van der Waals surface area (Å²) in [7, 11) is 3.43. The van der Waals surface area contributed by atoms with E-state index < -0.39 is 0 Å². The van der Waals surface area contributed by atoms with Crippen molar-refractivity contribution in [1.29, 1.82) is 0 Å². The summed E-state index contributed by atoms with van der Waals surface area (Å²) in [6.45, 7) is 1.70. The predicted molar refractivity (Wildman–Crippen MR) is 104 cm³/mol. The number of benzene rings is 2. The molecule has 1 heterocycles. The van der Waals surface area contributed by atoms with Crippen molar-refractivity contribution >= 4 is 11.8 Å². The van der Waals surface area contributed by atoms with Gasteiger partial charge in [-0.05, 0) is 29.7 Å². The Bertz CT molecular complexity index is 774. The summed E-state index contributed by atoms with van der Waals surface area (Å²) in [5.41, 5.74) is 2.24. The fourth-order valence-corrected chi connectivity index (χ4v) is 3.46. The molecule has 0 aromatic heterocycles. The molecule has 1 atom stereocenters. The van der Waals surface area contributed by atoms with Gasteiger partial charge in [0.1, 0.15) is 5.75 Å². The number of hydrogen-bond donors (Lipinski definition) is 0. The maximum atomic E-state index is 12.8. The molecule has 1 aliphatic rings. The highest BCUT2D eigenvalue weighted by Gasteiger charge is 2.35. The molecule has 1 fully saturated rings. The summed E-state index contributed by atoms with van der Waals surface area (Å²) < 4.78 is 5.16. The van der Waals surface area contributed by atoms with Crippen molar-refractivity contribution in [3.63, 3.8) is 0 Å². The van der Waals surface area contributed by atoms with Crippen LogP contribution in [-0.2, 0) is 22.6 Å². The van der Waals surface area contributed by atoms with Gasteiger partial charge in [0, 0.05) is 33.1 Å². The third-order valence-corrected chi connectivity index (χ3v) is 5.03. The molecule has 0 bridgehead atoms. The molecule has 2 amide bonds. The molecule has 0 saturated carbocycles. The number of hydrogen-bond acceptors (Lipinski definition) is 3. The van der Waals surface area contributed by atoms with Gasteiger partial charge in [0.2, 0.25) is 11.8 Å². The second kappa shape index (κ2) is 8.71. The third-order valence-electron chi connectivity index (χ3n) is 5.03. The van der Waals surface area contributed by atoms with Crippen LogP contribution in [0.1, 0.15) is 17.5 Å². The van der Waals surface area contributed by atoms with E-state index in [2.05, 4.69) is 12.1 Å². The Hall–Kier alpha value is -2.82. The number of carbonyl (C=O) groups excluding carboxylic acids is 2. The lowest BCUT2D eigenvalue weighted by molar-refractivity contribution is -0.135. The van der Waals surface area contributed by atoms with Crippen LogP contribution in [0.4, 0.5) is 0 Å². The minimum Gasteiger partial charge on any atom is -0.497 e. The molecule has 1 aliphatic heterocycles. The number of amides is 2. The molecule has 0 N–H and O–H groups in total. The van der Waals surface area contributed by atoms with Crippen LogP contribution in [0.2, 0.25) is 0 Å². The fourth-order valence-electron chi connectivity index (χ4n) is 3.46. The summed E-state index contributed by atoms with van der Waals surface area (Å²) in [6, 6.07) is 17.8. The zero-order valence-corrected chi connectivity index (χ0v) is 15.9. The van der Waals surface area contributed by atoms with E-state index in [9.17, 15) is 9.59 Å². The van der Waals surface area contributed by atoms with Crippen LogP contribution in [0.5, 0.6) is 5.75 Å². The minimum atomic E-state index is -0.253. The highest BCUT2D eigenvalue weighted by molar-refractivity contribution is 5.89. The molecule has 0 spiro atoms. The summed E-state index contributed by atoms with van der Waals surface area (Å²) in [5, 5.41) is 0. The summed E-state index contributed by atoms with van der Waals surface area (Å²) in [4.78, 5) is 28.6. The Morgan fingerprint density at radius 3 is 2.48 bits per heavy atom. The Morgan fingerprint density at radius 2 is 1.81 bits per heavy atom. The van der Waals surface area contributed by atoms with E-state index in [1.54, 1.807) is 19.1 Å². The van der Waals surface area contributed by atoms with E-state index in [0.29, 0.717) is 26.1 Å². The lowest BCUT2D eigenvalue weighted by Gasteiger charge is -2.21. The Morgan fingerprint density at radius 1 is 1.11 bits per heavy atom. The van der Waals surface area contributed by atoms with E-state index in [1.807, 2.05) is 47.4 Å². The van der Waals surface area contributed by atoms with Gasteiger partial charge in [-0.25, -0.2) is 0 Å². The van der Waals surface area contributed by atoms with Crippen molar-refractivity contribution in [1.82, 2.24) is 9.80 Å². The zero-order valence-electron chi connectivity index (χ0n) is 15.9. The van der Waals surface area contributed by atoms with Crippen LogP contribution in [0.15, 0.2) is 54.6 Å². The number of nitrogens with zero attached hydrogens (tertiary/aromatic N) is 2. The first-order chi connectivity index (χ1) is 13.1. The minimum absolute atomic E-state index is 0.0291. The van der Waals surface area contributed by atoms with Crippen LogP contribution < -0.4 is 4.74 Å². The second-order valence-corrected chi connectivity index (χ2v) is 7.02. The molecule has 0 radical (unpaired) electrons. The monoisotopic (exact) mass is 366 g/mol. The summed E-state index contributed by atoms with van der Waals surface area (Å²) >= 11 is 0. The van der Waals surface area contributed by atoms with Crippen LogP contribution in [0.3, 0.4) is 0 Å².